The number of benzene rings is 1. The summed E-state index contributed by atoms with van der Waals surface area (Å²) in [7, 11) is 0. The minimum Gasteiger partial charge on any atom is -0.368 e. The standard InChI is InChI=1S/C22H23ClN6O/c23-16-4-3-5-17(14-16)27-10-12-28(13-11-27)22-25-19-7-9-29(15-18(19)21(30)26-22)20-6-1-2-8-24-20/h1-6,8,14H,7,9-13,15H2,(H,25,26,30). The second-order valence-corrected chi connectivity index (χ2v) is 8.06. The van der Waals surface area contributed by atoms with Gasteiger partial charge in [0.2, 0.25) is 5.95 Å². The third kappa shape index (κ3) is 3.73. The van der Waals surface area contributed by atoms with Crippen molar-refractivity contribution in [2.24, 2.45) is 0 Å². The molecule has 1 saturated heterocycles. The average Bonchev–Trinajstić information content (AvgIpc) is 2.79. The van der Waals surface area contributed by atoms with Crippen molar-refractivity contribution in [3.63, 3.8) is 0 Å². The molecule has 0 amide bonds. The first kappa shape index (κ1) is 18.9. The summed E-state index contributed by atoms with van der Waals surface area (Å²) < 4.78 is 0. The smallest absolute Gasteiger partial charge is 0.257 e. The van der Waals surface area contributed by atoms with Gasteiger partial charge >= 0.3 is 0 Å². The van der Waals surface area contributed by atoms with E-state index < -0.39 is 0 Å². The zero-order valence-electron chi connectivity index (χ0n) is 16.6. The van der Waals surface area contributed by atoms with Gasteiger partial charge < -0.3 is 14.7 Å². The fraction of sp³-hybridized carbons (Fsp3) is 0.318. The summed E-state index contributed by atoms with van der Waals surface area (Å²) in [4.78, 5) is 31.7. The van der Waals surface area contributed by atoms with Crippen molar-refractivity contribution in [1.82, 2.24) is 15.0 Å². The third-order valence-corrected chi connectivity index (χ3v) is 6.02. The fourth-order valence-electron chi connectivity index (χ4n) is 4.15. The van der Waals surface area contributed by atoms with Gasteiger partial charge in [-0.2, -0.15) is 0 Å². The number of nitrogens with one attached hydrogen (secondary N) is 1. The lowest BCUT2D eigenvalue weighted by atomic mass is 10.1. The van der Waals surface area contributed by atoms with E-state index in [0.29, 0.717) is 12.5 Å². The highest BCUT2D eigenvalue weighted by molar-refractivity contribution is 6.30. The lowest BCUT2D eigenvalue weighted by molar-refractivity contribution is 0.628. The summed E-state index contributed by atoms with van der Waals surface area (Å²) in [6.45, 7) is 4.66. The van der Waals surface area contributed by atoms with Crippen LogP contribution in [0.15, 0.2) is 53.5 Å². The molecule has 1 aromatic carbocycles. The Bertz CT molecular complexity index is 1090. The van der Waals surface area contributed by atoms with Crippen LogP contribution in [-0.4, -0.2) is 47.7 Å². The van der Waals surface area contributed by atoms with Crippen LogP contribution >= 0.6 is 11.6 Å². The quantitative estimate of drug-likeness (QED) is 0.700. The normalized spacial score (nSPS) is 16.5. The average molecular weight is 423 g/mol. The highest BCUT2D eigenvalue weighted by Gasteiger charge is 2.25. The number of halogens is 1. The largest absolute Gasteiger partial charge is 0.368 e. The second kappa shape index (κ2) is 7.99. The van der Waals surface area contributed by atoms with E-state index in [1.165, 1.54) is 0 Å². The molecule has 0 saturated carbocycles. The van der Waals surface area contributed by atoms with Crippen LogP contribution in [0.1, 0.15) is 11.3 Å². The van der Waals surface area contributed by atoms with E-state index in [9.17, 15) is 4.79 Å². The fourth-order valence-corrected chi connectivity index (χ4v) is 4.33. The Morgan fingerprint density at radius 2 is 1.77 bits per heavy atom. The van der Waals surface area contributed by atoms with Crippen LogP contribution in [0.4, 0.5) is 17.5 Å². The van der Waals surface area contributed by atoms with E-state index in [1.54, 1.807) is 6.20 Å². The molecule has 1 fully saturated rings. The molecule has 2 aliphatic rings. The molecule has 2 aliphatic heterocycles. The summed E-state index contributed by atoms with van der Waals surface area (Å²) >= 11 is 6.13. The maximum atomic E-state index is 12.8. The van der Waals surface area contributed by atoms with E-state index in [2.05, 4.69) is 30.7 Å². The van der Waals surface area contributed by atoms with Crippen molar-refractivity contribution in [1.29, 1.82) is 0 Å². The molecule has 1 N–H and O–H groups in total. The summed E-state index contributed by atoms with van der Waals surface area (Å²) in [5.74, 6) is 1.57. The zero-order valence-corrected chi connectivity index (χ0v) is 17.3. The Morgan fingerprint density at radius 1 is 0.933 bits per heavy atom. The minimum atomic E-state index is -0.0482. The molecule has 30 heavy (non-hydrogen) atoms. The molecule has 3 aromatic rings. The summed E-state index contributed by atoms with van der Waals surface area (Å²) in [6.07, 6.45) is 2.52. The number of aromatic amines is 1. The van der Waals surface area contributed by atoms with Gasteiger partial charge in [-0.25, -0.2) is 9.97 Å². The number of piperazine rings is 1. The number of hydrogen-bond donors (Lipinski definition) is 1. The Kier molecular flexibility index (Phi) is 5.04. The Labute approximate surface area is 179 Å². The maximum Gasteiger partial charge on any atom is 0.257 e. The molecule has 0 atom stereocenters. The predicted molar refractivity (Wildman–Crippen MR) is 120 cm³/mol. The molecule has 4 heterocycles. The van der Waals surface area contributed by atoms with Gasteiger partial charge in [0, 0.05) is 56.1 Å². The molecule has 7 nitrogen and oxygen atoms in total. The van der Waals surface area contributed by atoms with Gasteiger partial charge in [0.1, 0.15) is 5.82 Å². The number of fused-ring (bicyclic) bond motifs is 1. The highest BCUT2D eigenvalue weighted by atomic mass is 35.5. The molecule has 0 spiro atoms. The van der Waals surface area contributed by atoms with Crippen LogP contribution in [0.5, 0.6) is 0 Å². The molecule has 154 valence electrons. The minimum absolute atomic E-state index is 0.0482. The van der Waals surface area contributed by atoms with E-state index in [1.807, 2.05) is 36.4 Å². The Hall–Kier alpha value is -3.06. The van der Waals surface area contributed by atoms with Crippen LogP contribution in [0.3, 0.4) is 0 Å². The molecule has 8 heteroatoms. The Balaban J connectivity index is 1.31. The summed E-state index contributed by atoms with van der Waals surface area (Å²) in [5.41, 5.74) is 2.72. The van der Waals surface area contributed by atoms with Crippen molar-refractivity contribution >= 4 is 29.1 Å². The number of pyridine rings is 1. The third-order valence-electron chi connectivity index (χ3n) is 5.78. The first-order chi connectivity index (χ1) is 14.7. The number of hydrogen-bond acceptors (Lipinski definition) is 6. The number of H-pyrrole nitrogens is 1. The summed E-state index contributed by atoms with van der Waals surface area (Å²) in [5, 5.41) is 0.746. The number of anilines is 3. The van der Waals surface area contributed by atoms with Crippen LogP contribution < -0.4 is 20.3 Å². The molecule has 0 radical (unpaired) electrons. The Morgan fingerprint density at radius 3 is 2.53 bits per heavy atom. The first-order valence-electron chi connectivity index (χ1n) is 10.2. The molecule has 0 aliphatic carbocycles. The number of nitrogens with zero attached hydrogens (tertiary/aromatic N) is 5. The predicted octanol–water partition coefficient (Wildman–Crippen LogP) is 2.71. The SMILES string of the molecule is O=c1[nH]c(N2CCN(c3cccc(Cl)c3)CC2)nc2c1CN(c1ccccn1)CC2. The monoisotopic (exact) mass is 422 g/mol. The van der Waals surface area contributed by atoms with Gasteiger partial charge in [0.05, 0.1) is 17.8 Å². The molecular formula is C22H23ClN6O. The molecule has 0 unspecified atom stereocenters. The first-order valence-corrected chi connectivity index (χ1v) is 10.6. The van der Waals surface area contributed by atoms with Crippen molar-refractivity contribution in [3.8, 4) is 0 Å². The van der Waals surface area contributed by atoms with Gasteiger partial charge in [0.15, 0.2) is 0 Å². The van der Waals surface area contributed by atoms with Crippen molar-refractivity contribution in [2.45, 2.75) is 13.0 Å². The van der Waals surface area contributed by atoms with E-state index in [0.717, 1.165) is 66.9 Å². The van der Waals surface area contributed by atoms with Gasteiger partial charge in [-0.15, -0.1) is 0 Å². The van der Waals surface area contributed by atoms with Crippen molar-refractivity contribution in [2.75, 3.05) is 47.4 Å². The lowest BCUT2D eigenvalue weighted by Gasteiger charge is -2.37. The van der Waals surface area contributed by atoms with E-state index >= 15 is 0 Å². The van der Waals surface area contributed by atoms with Crippen LogP contribution in [0.25, 0.3) is 0 Å². The van der Waals surface area contributed by atoms with E-state index in [4.69, 9.17) is 16.6 Å². The highest BCUT2D eigenvalue weighted by Crippen LogP contribution is 2.23. The van der Waals surface area contributed by atoms with Gasteiger partial charge in [-0.3, -0.25) is 9.78 Å². The molecular weight excluding hydrogens is 400 g/mol. The summed E-state index contributed by atoms with van der Waals surface area (Å²) in [6, 6.07) is 13.8. The van der Waals surface area contributed by atoms with Crippen molar-refractivity contribution < 1.29 is 0 Å². The maximum absolute atomic E-state index is 12.8. The van der Waals surface area contributed by atoms with Crippen LogP contribution in [-0.2, 0) is 13.0 Å². The number of rotatable bonds is 3. The van der Waals surface area contributed by atoms with Crippen molar-refractivity contribution in [3.05, 3.63) is 75.3 Å². The molecule has 0 bridgehead atoms. The topological polar surface area (TPSA) is 68.4 Å². The van der Waals surface area contributed by atoms with Gasteiger partial charge in [-0.1, -0.05) is 23.7 Å². The van der Waals surface area contributed by atoms with Crippen LogP contribution in [0, 0.1) is 0 Å². The van der Waals surface area contributed by atoms with Gasteiger partial charge in [0.25, 0.3) is 5.56 Å². The molecule has 2 aromatic heterocycles. The number of aromatic nitrogens is 3. The van der Waals surface area contributed by atoms with Crippen LogP contribution in [0.2, 0.25) is 5.02 Å². The lowest BCUT2D eigenvalue weighted by Crippen LogP contribution is -2.48. The molecule has 5 rings (SSSR count). The zero-order chi connectivity index (χ0) is 20.5. The van der Waals surface area contributed by atoms with E-state index in [-0.39, 0.29) is 5.56 Å². The van der Waals surface area contributed by atoms with Gasteiger partial charge in [-0.05, 0) is 30.3 Å². The second-order valence-electron chi connectivity index (χ2n) is 7.63.